The predicted octanol–water partition coefficient (Wildman–Crippen LogP) is 7.71. The molecule has 1 aliphatic carbocycles. The van der Waals surface area contributed by atoms with Crippen LogP contribution >= 0.6 is 11.8 Å². The Labute approximate surface area is 163 Å². The maximum absolute atomic E-state index is 11.3. The van der Waals surface area contributed by atoms with Crippen LogP contribution in [-0.4, -0.2) is 24.5 Å². The van der Waals surface area contributed by atoms with Crippen LogP contribution in [0.25, 0.3) is 0 Å². The summed E-state index contributed by atoms with van der Waals surface area (Å²) in [5.74, 6) is 1.24. The second-order valence-corrected chi connectivity index (χ2v) is 15.7. The average molecular weight is 385 g/mol. The molecule has 0 aromatic carbocycles. The topological polar surface area (TPSA) is 20.2 Å². The fraction of sp³-hybridized carbons (Fsp3) is 0.909. The molecule has 0 heterocycles. The van der Waals surface area contributed by atoms with Gasteiger partial charge < -0.3 is 5.11 Å². The molecule has 0 bridgehead atoms. The minimum Gasteiger partial charge on any atom is -0.390 e. The van der Waals surface area contributed by atoms with Gasteiger partial charge in [0.15, 0.2) is 0 Å². The van der Waals surface area contributed by atoms with Crippen LogP contribution in [0.1, 0.15) is 96.8 Å². The lowest BCUT2D eigenvalue weighted by Crippen LogP contribution is -2.29. The van der Waals surface area contributed by atoms with Gasteiger partial charge in [0.25, 0.3) is 0 Å². The summed E-state index contributed by atoms with van der Waals surface area (Å²) in [5, 5.41) is 11.3. The minimum absolute atomic E-state index is 0.449. The van der Waals surface area contributed by atoms with E-state index in [-0.39, 0.29) is 0 Å². The largest absolute Gasteiger partial charge is 0.390 e. The molecule has 1 aliphatic rings. The quantitative estimate of drug-likeness (QED) is 0.358. The zero-order chi connectivity index (χ0) is 18.6. The Morgan fingerprint density at radius 1 is 0.920 bits per heavy atom. The molecular weight excluding hydrogens is 340 g/mol. The number of hydrogen-bond acceptors (Lipinski definition) is 2. The third-order valence-corrected chi connectivity index (χ3v) is 10.4. The lowest BCUT2D eigenvalue weighted by molar-refractivity contribution is 0.0203. The highest BCUT2D eigenvalue weighted by atomic mass is 32.2. The summed E-state index contributed by atoms with van der Waals surface area (Å²) in [4.78, 5) is 0. The molecule has 25 heavy (non-hydrogen) atoms. The third-order valence-electron chi connectivity index (χ3n) is 5.45. The van der Waals surface area contributed by atoms with Crippen molar-refractivity contribution >= 4 is 19.8 Å². The van der Waals surface area contributed by atoms with Crippen LogP contribution < -0.4 is 0 Å². The molecule has 0 spiro atoms. The van der Waals surface area contributed by atoms with Crippen LogP contribution in [-0.2, 0) is 0 Å². The van der Waals surface area contributed by atoms with E-state index in [4.69, 9.17) is 0 Å². The Bertz CT molecular complexity index is 361. The molecule has 148 valence electrons. The zero-order valence-electron chi connectivity index (χ0n) is 17.5. The molecule has 1 rings (SSSR count). The van der Waals surface area contributed by atoms with Crippen molar-refractivity contribution in [2.45, 2.75) is 122 Å². The lowest BCUT2D eigenvalue weighted by Gasteiger charge is -2.29. The van der Waals surface area contributed by atoms with Crippen molar-refractivity contribution in [3.8, 4) is 0 Å². The van der Waals surface area contributed by atoms with E-state index in [0.29, 0.717) is 0 Å². The smallest absolute Gasteiger partial charge is 0.0853 e. The first-order valence-corrected chi connectivity index (χ1v) is 15.4. The fourth-order valence-electron chi connectivity index (χ4n) is 3.67. The van der Waals surface area contributed by atoms with Crippen molar-refractivity contribution in [2.24, 2.45) is 0 Å². The zero-order valence-corrected chi connectivity index (χ0v) is 19.4. The number of rotatable bonds is 7. The van der Waals surface area contributed by atoms with E-state index in [1.165, 1.54) is 76.4 Å². The molecule has 1 saturated carbocycles. The first-order valence-electron chi connectivity index (χ1n) is 10.9. The van der Waals surface area contributed by atoms with E-state index in [0.717, 1.165) is 19.3 Å². The highest BCUT2D eigenvalue weighted by Crippen LogP contribution is 2.33. The minimum atomic E-state index is -1.30. The lowest BCUT2D eigenvalue weighted by atomic mass is 9.86. The molecule has 1 N–H and O–H groups in total. The van der Waals surface area contributed by atoms with Gasteiger partial charge in [-0.1, -0.05) is 96.8 Å². The number of aliphatic hydroxyl groups is 1. The fourth-order valence-corrected chi connectivity index (χ4v) is 7.27. The summed E-state index contributed by atoms with van der Waals surface area (Å²) in [5.41, 5.74) is -0.449. The van der Waals surface area contributed by atoms with E-state index in [1.54, 1.807) is 4.53 Å². The highest BCUT2D eigenvalue weighted by Gasteiger charge is 2.27. The molecular formula is C22H44OSSi. The molecule has 0 aliphatic heterocycles. The average Bonchev–Trinajstić information content (AvgIpc) is 2.53. The van der Waals surface area contributed by atoms with E-state index >= 15 is 0 Å². The molecule has 0 aromatic heterocycles. The van der Waals surface area contributed by atoms with Gasteiger partial charge in [-0.15, -0.1) is 11.8 Å². The Morgan fingerprint density at radius 3 is 1.84 bits per heavy atom. The van der Waals surface area contributed by atoms with E-state index in [1.807, 2.05) is 0 Å². The van der Waals surface area contributed by atoms with Gasteiger partial charge in [0.1, 0.15) is 0 Å². The van der Waals surface area contributed by atoms with Crippen molar-refractivity contribution in [1.29, 1.82) is 0 Å². The van der Waals surface area contributed by atoms with Gasteiger partial charge >= 0.3 is 0 Å². The molecule has 0 radical (unpaired) electrons. The molecule has 0 amide bonds. The summed E-state index contributed by atoms with van der Waals surface area (Å²) in [6.45, 7) is 9.61. The third kappa shape index (κ3) is 10.9. The second-order valence-electron chi connectivity index (χ2n) is 9.13. The second kappa shape index (κ2) is 12.6. The summed E-state index contributed by atoms with van der Waals surface area (Å²) in [6.07, 6.45) is 19.8. The molecule has 0 aromatic rings. The molecule has 0 unspecified atom stereocenters. The van der Waals surface area contributed by atoms with E-state index in [9.17, 15) is 5.11 Å². The van der Waals surface area contributed by atoms with Gasteiger partial charge in [0.05, 0.1) is 13.7 Å². The predicted molar refractivity (Wildman–Crippen MR) is 119 cm³/mol. The van der Waals surface area contributed by atoms with Gasteiger partial charge in [-0.2, -0.15) is 0 Å². The number of unbranched alkanes of at least 4 members (excludes halogenated alkanes) is 1. The summed E-state index contributed by atoms with van der Waals surface area (Å²) >= 11 is 2.07. The van der Waals surface area contributed by atoms with Crippen LogP contribution in [0.4, 0.5) is 0 Å². The molecule has 1 fully saturated rings. The summed E-state index contributed by atoms with van der Waals surface area (Å²) in [7, 11) is -1.30. The van der Waals surface area contributed by atoms with E-state index < -0.39 is 13.7 Å². The van der Waals surface area contributed by atoms with Gasteiger partial charge in [0.2, 0.25) is 0 Å². The van der Waals surface area contributed by atoms with Crippen molar-refractivity contribution in [2.75, 3.05) is 5.75 Å². The van der Waals surface area contributed by atoms with Crippen LogP contribution in [0.5, 0.6) is 0 Å². The summed E-state index contributed by atoms with van der Waals surface area (Å²) in [6, 6.07) is 0. The normalized spacial score (nSPS) is 21.4. The van der Waals surface area contributed by atoms with Crippen LogP contribution in [0, 0.1) is 0 Å². The van der Waals surface area contributed by atoms with Crippen molar-refractivity contribution in [3.63, 3.8) is 0 Å². The van der Waals surface area contributed by atoms with Gasteiger partial charge in [-0.25, -0.2) is 0 Å². The van der Waals surface area contributed by atoms with Gasteiger partial charge in [0, 0.05) is 0 Å². The van der Waals surface area contributed by atoms with Gasteiger partial charge in [-0.05, 0) is 36.0 Å². The number of hydrogen-bond donors (Lipinski definition) is 1. The maximum Gasteiger partial charge on any atom is 0.0853 e. The van der Waals surface area contributed by atoms with Gasteiger partial charge in [-0.3, -0.25) is 0 Å². The van der Waals surface area contributed by atoms with Crippen LogP contribution in [0.2, 0.25) is 19.6 Å². The van der Waals surface area contributed by atoms with E-state index in [2.05, 4.69) is 44.4 Å². The summed E-state index contributed by atoms with van der Waals surface area (Å²) < 4.78 is 1.61. The maximum atomic E-state index is 11.3. The first-order chi connectivity index (χ1) is 11.9. The standard InChI is InChI=1S/C22H44OSSi/c1-5-6-20-24-21(25(2,3)4)16-19-22(23)17-14-12-10-8-7-9-11-13-15-18-22/h16,23H,5-15,17-20H2,1-4H3/b21-16-. The van der Waals surface area contributed by atoms with Crippen molar-refractivity contribution in [3.05, 3.63) is 10.6 Å². The molecule has 3 heteroatoms. The van der Waals surface area contributed by atoms with Crippen molar-refractivity contribution < 1.29 is 5.11 Å². The van der Waals surface area contributed by atoms with Crippen LogP contribution in [0.15, 0.2) is 10.6 Å². The van der Waals surface area contributed by atoms with Crippen LogP contribution in [0.3, 0.4) is 0 Å². The Hall–Kier alpha value is 0.267. The SMILES string of the molecule is CCCCS/C(=C/CC1(O)CCCCCCCCCCC1)[Si](C)(C)C. The Balaban J connectivity index is 2.68. The Kier molecular flexibility index (Phi) is 11.8. The monoisotopic (exact) mass is 384 g/mol. The first kappa shape index (κ1) is 23.3. The Morgan fingerprint density at radius 2 is 1.40 bits per heavy atom. The molecule has 1 nitrogen and oxygen atoms in total. The molecule has 0 saturated heterocycles. The van der Waals surface area contributed by atoms with Crippen molar-refractivity contribution in [1.82, 2.24) is 0 Å². The number of thioether (sulfide) groups is 1. The molecule has 0 atom stereocenters. The highest BCUT2D eigenvalue weighted by molar-refractivity contribution is 8.05.